The molecule has 2 aliphatic rings. The molecule has 0 N–H and O–H groups in total. The molecule has 0 aromatic carbocycles. The predicted octanol–water partition coefficient (Wildman–Crippen LogP) is 3.74. The van der Waals surface area contributed by atoms with Gasteiger partial charge in [-0.1, -0.05) is 19.3 Å². The fourth-order valence-electron chi connectivity index (χ4n) is 4.56. The van der Waals surface area contributed by atoms with E-state index in [1.807, 2.05) is 18.3 Å². The van der Waals surface area contributed by atoms with Crippen molar-refractivity contribution in [2.24, 2.45) is 5.92 Å². The molecule has 5 nitrogen and oxygen atoms in total. The van der Waals surface area contributed by atoms with Crippen molar-refractivity contribution < 1.29 is 4.79 Å². The fraction of sp³-hybridized carbons (Fsp3) is 0.650. The smallest absolute Gasteiger partial charge is 0.222 e. The molecule has 1 atom stereocenters. The van der Waals surface area contributed by atoms with Gasteiger partial charge >= 0.3 is 0 Å². The highest BCUT2D eigenvalue weighted by molar-refractivity contribution is 5.77. The molecular weight excluding hydrogens is 312 g/mol. The van der Waals surface area contributed by atoms with E-state index in [1.54, 1.807) is 0 Å². The average molecular weight is 340 g/mol. The fourth-order valence-corrected chi connectivity index (χ4v) is 4.56. The van der Waals surface area contributed by atoms with E-state index in [0.29, 0.717) is 17.7 Å². The molecular formula is C20H28N4O. The van der Waals surface area contributed by atoms with Crippen molar-refractivity contribution in [2.75, 3.05) is 13.1 Å². The average Bonchev–Trinajstić information content (AvgIpc) is 3.27. The monoisotopic (exact) mass is 340 g/mol. The molecule has 1 saturated heterocycles. The quantitative estimate of drug-likeness (QED) is 0.852. The van der Waals surface area contributed by atoms with Crippen LogP contribution in [0.4, 0.5) is 0 Å². The van der Waals surface area contributed by atoms with Gasteiger partial charge in [0.1, 0.15) is 11.3 Å². The molecule has 1 amide bonds. The molecule has 25 heavy (non-hydrogen) atoms. The zero-order chi connectivity index (χ0) is 17.2. The minimum Gasteiger partial charge on any atom is -0.342 e. The number of imidazole rings is 1. The molecule has 1 aliphatic heterocycles. The Kier molecular flexibility index (Phi) is 4.73. The molecule has 0 bridgehead atoms. The van der Waals surface area contributed by atoms with E-state index in [0.717, 1.165) is 49.5 Å². The van der Waals surface area contributed by atoms with Gasteiger partial charge in [-0.25, -0.2) is 9.97 Å². The van der Waals surface area contributed by atoms with Crippen molar-refractivity contribution in [2.45, 2.75) is 64.3 Å². The third-order valence-electron chi connectivity index (χ3n) is 5.94. The zero-order valence-electron chi connectivity index (χ0n) is 15.2. The van der Waals surface area contributed by atoms with Gasteiger partial charge in [-0.05, 0) is 44.2 Å². The van der Waals surface area contributed by atoms with Gasteiger partial charge in [-0.15, -0.1) is 0 Å². The van der Waals surface area contributed by atoms with Gasteiger partial charge in [0.2, 0.25) is 5.91 Å². The second kappa shape index (κ2) is 7.14. The lowest BCUT2D eigenvalue weighted by atomic mass is 9.87. The van der Waals surface area contributed by atoms with Crippen LogP contribution < -0.4 is 0 Å². The molecule has 1 unspecified atom stereocenters. The highest BCUT2D eigenvalue weighted by atomic mass is 16.2. The van der Waals surface area contributed by atoms with E-state index in [9.17, 15) is 4.79 Å². The first-order chi connectivity index (χ1) is 12.3. The maximum absolute atomic E-state index is 12.7. The van der Waals surface area contributed by atoms with Gasteiger partial charge in [-0.2, -0.15) is 0 Å². The Labute approximate surface area is 149 Å². The van der Waals surface area contributed by atoms with E-state index in [-0.39, 0.29) is 0 Å². The Morgan fingerprint density at radius 3 is 2.88 bits per heavy atom. The van der Waals surface area contributed by atoms with Gasteiger partial charge in [-0.3, -0.25) is 4.79 Å². The summed E-state index contributed by atoms with van der Waals surface area (Å²) >= 11 is 0. The van der Waals surface area contributed by atoms with Gasteiger partial charge in [0.25, 0.3) is 0 Å². The molecule has 0 spiro atoms. The van der Waals surface area contributed by atoms with E-state index < -0.39 is 0 Å². The predicted molar refractivity (Wildman–Crippen MR) is 98.3 cm³/mol. The lowest BCUT2D eigenvalue weighted by molar-refractivity contribution is -0.131. The highest BCUT2D eigenvalue weighted by Crippen LogP contribution is 2.31. The molecule has 3 heterocycles. The van der Waals surface area contributed by atoms with Crippen molar-refractivity contribution in [3.05, 3.63) is 24.2 Å². The highest BCUT2D eigenvalue weighted by Gasteiger charge is 2.31. The summed E-state index contributed by atoms with van der Waals surface area (Å²) in [6.07, 6.45) is 10.0. The number of aryl methyl sites for hydroxylation is 1. The molecule has 2 fully saturated rings. The molecule has 1 saturated carbocycles. The summed E-state index contributed by atoms with van der Waals surface area (Å²) in [4.78, 5) is 24.1. The Bertz CT molecular complexity index is 747. The molecule has 2 aromatic rings. The van der Waals surface area contributed by atoms with Gasteiger partial charge < -0.3 is 9.47 Å². The van der Waals surface area contributed by atoms with Crippen LogP contribution in [-0.2, 0) is 11.3 Å². The number of hydrogen-bond donors (Lipinski definition) is 0. The number of amides is 1. The molecule has 0 radical (unpaired) electrons. The van der Waals surface area contributed by atoms with E-state index in [4.69, 9.17) is 4.98 Å². The number of fused-ring (bicyclic) bond motifs is 1. The lowest BCUT2D eigenvalue weighted by Gasteiger charge is -2.24. The Morgan fingerprint density at radius 2 is 2.08 bits per heavy atom. The van der Waals surface area contributed by atoms with Crippen molar-refractivity contribution >= 4 is 17.1 Å². The summed E-state index contributed by atoms with van der Waals surface area (Å²) in [5.74, 6) is 2.41. The maximum Gasteiger partial charge on any atom is 0.222 e. The van der Waals surface area contributed by atoms with Crippen LogP contribution in [0.2, 0.25) is 0 Å². The Balaban J connectivity index is 1.46. The van der Waals surface area contributed by atoms with Crippen molar-refractivity contribution in [1.82, 2.24) is 19.4 Å². The molecule has 4 rings (SSSR count). The number of pyridine rings is 1. The topological polar surface area (TPSA) is 51.0 Å². The third-order valence-corrected chi connectivity index (χ3v) is 5.94. The first-order valence-electron chi connectivity index (χ1n) is 9.85. The number of rotatable bonds is 4. The first-order valence-corrected chi connectivity index (χ1v) is 9.85. The van der Waals surface area contributed by atoms with Crippen molar-refractivity contribution in [3.8, 4) is 0 Å². The summed E-state index contributed by atoms with van der Waals surface area (Å²) < 4.78 is 2.22. The zero-order valence-corrected chi connectivity index (χ0v) is 15.2. The number of aromatic nitrogens is 3. The van der Waals surface area contributed by atoms with Crippen LogP contribution in [0, 0.1) is 5.92 Å². The van der Waals surface area contributed by atoms with E-state index in [1.165, 1.54) is 32.1 Å². The molecule has 5 heteroatoms. The molecule has 1 aliphatic carbocycles. The maximum atomic E-state index is 12.7. The Hall–Kier alpha value is -1.91. The van der Waals surface area contributed by atoms with Crippen molar-refractivity contribution in [1.29, 1.82) is 0 Å². The Morgan fingerprint density at radius 1 is 1.24 bits per heavy atom. The summed E-state index contributed by atoms with van der Waals surface area (Å²) in [5.41, 5.74) is 1.93. The standard InChI is InChI=1S/C20H28N4O/c1-2-24-19(22-17-9-6-11-21-20(17)24)16-10-12-23(14-16)18(25)13-15-7-4-3-5-8-15/h6,9,11,15-16H,2-5,7-8,10,12-14H2,1H3. The second-order valence-corrected chi connectivity index (χ2v) is 7.59. The summed E-state index contributed by atoms with van der Waals surface area (Å²) in [7, 11) is 0. The SMILES string of the molecule is CCn1c(C2CCN(C(=O)CC3CCCCC3)C2)nc2cccnc21. The van der Waals surface area contributed by atoms with Crippen molar-refractivity contribution in [3.63, 3.8) is 0 Å². The van der Waals surface area contributed by atoms with Crippen LogP contribution in [0.3, 0.4) is 0 Å². The van der Waals surface area contributed by atoms with Crippen LogP contribution in [0.5, 0.6) is 0 Å². The van der Waals surface area contributed by atoms with E-state index >= 15 is 0 Å². The number of carbonyl (C=O) groups excluding carboxylic acids is 1. The van der Waals surface area contributed by atoms with Crippen LogP contribution in [0.15, 0.2) is 18.3 Å². The minimum atomic E-state index is 0.337. The van der Waals surface area contributed by atoms with Gasteiger partial charge in [0.05, 0.1) is 0 Å². The third kappa shape index (κ3) is 3.29. The lowest BCUT2D eigenvalue weighted by Crippen LogP contribution is -2.30. The summed E-state index contributed by atoms with van der Waals surface area (Å²) in [6, 6.07) is 3.96. The van der Waals surface area contributed by atoms with Gasteiger partial charge in [0, 0.05) is 38.2 Å². The largest absolute Gasteiger partial charge is 0.342 e. The molecule has 2 aromatic heterocycles. The van der Waals surface area contributed by atoms with Crippen LogP contribution >= 0.6 is 0 Å². The molecule has 134 valence electrons. The summed E-state index contributed by atoms with van der Waals surface area (Å²) in [6.45, 7) is 4.70. The summed E-state index contributed by atoms with van der Waals surface area (Å²) in [5, 5.41) is 0. The van der Waals surface area contributed by atoms with Crippen LogP contribution in [-0.4, -0.2) is 38.4 Å². The van der Waals surface area contributed by atoms with E-state index in [2.05, 4.69) is 21.4 Å². The second-order valence-electron chi connectivity index (χ2n) is 7.59. The van der Waals surface area contributed by atoms with Crippen LogP contribution in [0.25, 0.3) is 11.2 Å². The minimum absolute atomic E-state index is 0.337. The number of likely N-dealkylation sites (tertiary alicyclic amines) is 1. The van der Waals surface area contributed by atoms with Gasteiger partial charge in [0.15, 0.2) is 5.65 Å². The number of hydrogen-bond acceptors (Lipinski definition) is 3. The first kappa shape index (κ1) is 16.6. The number of nitrogens with zero attached hydrogens (tertiary/aromatic N) is 4. The van der Waals surface area contributed by atoms with Crippen LogP contribution in [0.1, 0.15) is 63.6 Å². The normalized spacial score (nSPS) is 22.0. The number of carbonyl (C=O) groups is 1.